The molecule has 2 nitrogen and oxygen atoms in total. The number of hydrogen-bond acceptors (Lipinski definition) is 1. The summed E-state index contributed by atoms with van der Waals surface area (Å²) in [6.07, 6.45) is 3.75. The van der Waals surface area contributed by atoms with Crippen molar-refractivity contribution in [1.29, 1.82) is 0 Å². The molecule has 1 aliphatic rings. The Morgan fingerprint density at radius 2 is 2.20 bits per heavy atom. The molecule has 0 aliphatic carbocycles. The van der Waals surface area contributed by atoms with Gasteiger partial charge >= 0.3 is 0 Å². The Labute approximate surface area is 89.9 Å². The Morgan fingerprint density at radius 3 is 3.13 bits per heavy atom. The van der Waals surface area contributed by atoms with E-state index < -0.39 is 0 Å². The highest BCUT2D eigenvalue weighted by Gasteiger charge is 2.16. The monoisotopic (exact) mass is 200 g/mol. The van der Waals surface area contributed by atoms with Crippen LogP contribution in [0.15, 0.2) is 24.3 Å². The summed E-state index contributed by atoms with van der Waals surface area (Å²) in [6.45, 7) is 3.47. The van der Waals surface area contributed by atoms with Gasteiger partial charge in [-0.25, -0.2) is 4.98 Å². The van der Waals surface area contributed by atoms with Gasteiger partial charge in [0.25, 0.3) is 0 Å². The molecule has 1 aliphatic heterocycles. The fraction of sp³-hybridized carbons (Fsp3) is 0.462. The Morgan fingerprint density at radius 1 is 1.33 bits per heavy atom. The summed E-state index contributed by atoms with van der Waals surface area (Å²) >= 11 is 0. The maximum absolute atomic E-state index is 4.71. The molecule has 0 saturated heterocycles. The van der Waals surface area contributed by atoms with E-state index in [2.05, 4.69) is 35.8 Å². The number of para-hydroxylation sites is 2. The molecule has 0 N–H and O–H groups in total. The summed E-state index contributed by atoms with van der Waals surface area (Å²) in [5, 5.41) is 0. The molecule has 1 aromatic carbocycles. The summed E-state index contributed by atoms with van der Waals surface area (Å²) in [6, 6.07) is 8.47. The first kappa shape index (κ1) is 8.96. The molecule has 0 fully saturated rings. The quantitative estimate of drug-likeness (QED) is 0.639. The molecular weight excluding hydrogens is 184 g/mol. The second-order valence-corrected chi connectivity index (χ2v) is 4.62. The van der Waals surface area contributed by atoms with Gasteiger partial charge in [0.1, 0.15) is 5.82 Å². The number of rotatable bonds is 0. The average Bonchev–Trinajstić information content (AvgIpc) is 2.47. The third kappa shape index (κ3) is 1.44. The van der Waals surface area contributed by atoms with Gasteiger partial charge in [-0.2, -0.15) is 0 Å². The van der Waals surface area contributed by atoms with E-state index in [1.54, 1.807) is 0 Å². The van der Waals surface area contributed by atoms with Crippen LogP contribution in [-0.4, -0.2) is 9.55 Å². The topological polar surface area (TPSA) is 17.8 Å². The summed E-state index contributed by atoms with van der Waals surface area (Å²) in [5.41, 5.74) is 2.46. The maximum atomic E-state index is 4.71. The lowest BCUT2D eigenvalue weighted by Crippen LogP contribution is -2.06. The third-order valence-electron chi connectivity index (χ3n) is 3.33. The fourth-order valence-electron chi connectivity index (χ4n) is 2.53. The van der Waals surface area contributed by atoms with Gasteiger partial charge in [-0.15, -0.1) is 0 Å². The maximum Gasteiger partial charge on any atom is 0.109 e. The van der Waals surface area contributed by atoms with Gasteiger partial charge in [0.2, 0.25) is 0 Å². The molecule has 0 spiro atoms. The Bertz CT molecular complexity index is 484. The predicted octanol–water partition coefficient (Wildman–Crippen LogP) is 3.01. The summed E-state index contributed by atoms with van der Waals surface area (Å²) in [4.78, 5) is 4.71. The number of aryl methyl sites for hydroxylation is 1. The fourth-order valence-corrected chi connectivity index (χ4v) is 2.53. The molecule has 2 heterocycles. The molecule has 0 bridgehead atoms. The van der Waals surface area contributed by atoms with Gasteiger partial charge in [-0.3, -0.25) is 0 Å². The number of hydrogen-bond donors (Lipinski definition) is 0. The van der Waals surface area contributed by atoms with Crippen LogP contribution < -0.4 is 0 Å². The van der Waals surface area contributed by atoms with Crippen LogP contribution in [0.25, 0.3) is 11.0 Å². The minimum absolute atomic E-state index is 0.781. The van der Waals surface area contributed by atoms with Gasteiger partial charge in [-0.1, -0.05) is 19.1 Å². The SMILES string of the molecule is C[C@H]1CCCc2nc3ccccc3n2C1. The van der Waals surface area contributed by atoms with Crippen molar-refractivity contribution in [3.8, 4) is 0 Å². The van der Waals surface area contributed by atoms with Crippen LogP contribution in [0.4, 0.5) is 0 Å². The van der Waals surface area contributed by atoms with Gasteiger partial charge in [0, 0.05) is 13.0 Å². The number of fused-ring (bicyclic) bond motifs is 3. The van der Waals surface area contributed by atoms with Crippen LogP contribution in [-0.2, 0) is 13.0 Å². The van der Waals surface area contributed by atoms with Crippen LogP contribution in [0.5, 0.6) is 0 Å². The molecular formula is C13H16N2. The first-order chi connectivity index (χ1) is 7.34. The van der Waals surface area contributed by atoms with Crippen LogP contribution in [0.3, 0.4) is 0 Å². The minimum Gasteiger partial charge on any atom is -0.328 e. The van der Waals surface area contributed by atoms with E-state index in [0.717, 1.165) is 24.4 Å². The molecule has 0 saturated carbocycles. The lowest BCUT2D eigenvalue weighted by Gasteiger charge is -2.09. The Balaban J connectivity index is 2.20. The molecule has 1 aromatic heterocycles. The lowest BCUT2D eigenvalue weighted by atomic mass is 10.1. The average molecular weight is 200 g/mol. The second-order valence-electron chi connectivity index (χ2n) is 4.62. The second kappa shape index (κ2) is 3.37. The van der Waals surface area contributed by atoms with Gasteiger partial charge < -0.3 is 4.57 Å². The zero-order chi connectivity index (χ0) is 10.3. The van der Waals surface area contributed by atoms with Crippen LogP contribution in [0, 0.1) is 5.92 Å². The number of nitrogens with zero attached hydrogens (tertiary/aromatic N) is 2. The zero-order valence-electron chi connectivity index (χ0n) is 9.11. The van der Waals surface area contributed by atoms with Crippen LogP contribution in [0.1, 0.15) is 25.6 Å². The largest absolute Gasteiger partial charge is 0.328 e. The van der Waals surface area contributed by atoms with Gasteiger partial charge in [-0.05, 0) is 30.9 Å². The van der Waals surface area contributed by atoms with E-state index in [4.69, 9.17) is 4.98 Å². The van der Waals surface area contributed by atoms with Crippen molar-refractivity contribution in [2.24, 2.45) is 5.92 Å². The van der Waals surface area contributed by atoms with Crippen molar-refractivity contribution in [3.63, 3.8) is 0 Å². The highest BCUT2D eigenvalue weighted by atomic mass is 15.1. The third-order valence-corrected chi connectivity index (χ3v) is 3.33. The van der Waals surface area contributed by atoms with Crippen molar-refractivity contribution in [2.45, 2.75) is 32.7 Å². The summed E-state index contributed by atoms with van der Waals surface area (Å²) < 4.78 is 2.41. The first-order valence-corrected chi connectivity index (χ1v) is 5.79. The normalized spacial score (nSPS) is 21.3. The van der Waals surface area contributed by atoms with Gasteiger partial charge in [0.15, 0.2) is 0 Å². The van der Waals surface area contributed by atoms with E-state index in [9.17, 15) is 0 Å². The van der Waals surface area contributed by atoms with Crippen molar-refractivity contribution < 1.29 is 0 Å². The van der Waals surface area contributed by atoms with Crippen LogP contribution >= 0.6 is 0 Å². The molecule has 0 unspecified atom stereocenters. The van der Waals surface area contributed by atoms with Crippen molar-refractivity contribution >= 4 is 11.0 Å². The predicted molar refractivity (Wildman–Crippen MR) is 61.8 cm³/mol. The summed E-state index contributed by atoms with van der Waals surface area (Å²) in [7, 11) is 0. The number of aromatic nitrogens is 2. The van der Waals surface area contributed by atoms with E-state index in [1.165, 1.54) is 24.2 Å². The van der Waals surface area contributed by atoms with Crippen molar-refractivity contribution in [3.05, 3.63) is 30.1 Å². The standard InChI is InChI=1S/C13H16N2/c1-10-5-4-8-13-14-11-6-2-3-7-12(11)15(13)9-10/h2-3,6-7,10H,4-5,8-9H2,1H3/t10-/m0/s1. The Hall–Kier alpha value is -1.31. The zero-order valence-corrected chi connectivity index (χ0v) is 9.11. The Kier molecular flexibility index (Phi) is 2.01. The smallest absolute Gasteiger partial charge is 0.109 e. The molecule has 78 valence electrons. The van der Waals surface area contributed by atoms with Crippen molar-refractivity contribution in [2.75, 3.05) is 0 Å². The van der Waals surface area contributed by atoms with E-state index >= 15 is 0 Å². The first-order valence-electron chi connectivity index (χ1n) is 5.79. The number of imidazole rings is 1. The minimum atomic E-state index is 0.781. The number of benzene rings is 1. The van der Waals surface area contributed by atoms with E-state index in [-0.39, 0.29) is 0 Å². The molecule has 2 aromatic rings. The van der Waals surface area contributed by atoms with E-state index in [1.807, 2.05) is 0 Å². The molecule has 15 heavy (non-hydrogen) atoms. The van der Waals surface area contributed by atoms with E-state index in [0.29, 0.717) is 0 Å². The van der Waals surface area contributed by atoms with Crippen LogP contribution in [0.2, 0.25) is 0 Å². The van der Waals surface area contributed by atoms with Crippen molar-refractivity contribution in [1.82, 2.24) is 9.55 Å². The highest BCUT2D eigenvalue weighted by molar-refractivity contribution is 5.75. The lowest BCUT2D eigenvalue weighted by molar-refractivity contribution is 0.471. The molecule has 0 radical (unpaired) electrons. The molecule has 3 rings (SSSR count). The molecule has 0 amide bonds. The molecule has 1 atom stereocenters. The molecule has 2 heteroatoms. The van der Waals surface area contributed by atoms with Gasteiger partial charge in [0.05, 0.1) is 11.0 Å². The highest BCUT2D eigenvalue weighted by Crippen LogP contribution is 2.24. The summed E-state index contributed by atoms with van der Waals surface area (Å²) in [5.74, 6) is 2.06.